The van der Waals surface area contributed by atoms with Crippen molar-refractivity contribution in [2.45, 2.75) is 13.5 Å². The Bertz CT molecular complexity index is 657. The molecule has 116 valence electrons. The second-order valence-corrected chi connectivity index (χ2v) is 4.36. The summed E-state index contributed by atoms with van der Waals surface area (Å²) in [5.74, 6) is -0.645. The predicted molar refractivity (Wildman–Crippen MR) is 78.4 cm³/mol. The Hall–Kier alpha value is -2.74. The van der Waals surface area contributed by atoms with Crippen molar-refractivity contribution in [1.82, 2.24) is 15.1 Å². The SMILES string of the molecule is CCOC(=O)/C(N=N)=C1\C=CC(c2ccn(CCO)n2)=CN1. The van der Waals surface area contributed by atoms with Gasteiger partial charge in [-0.05, 0) is 25.1 Å². The van der Waals surface area contributed by atoms with Crippen LogP contribution in [0.3, 0.4) is 0 Å². The van der Waals surface area contributed by atoms with E-state index in [2.05, 4.69) is 15.5 Å². The van der Waals surface area contributed by atoms with Crippen LogP contribution in [0.1, 0.15) is 12.6 Å². The molecule has 0 unspecified atom stereocenters. The highest BCUT2D eigenvalue weighted by Crippen LogP contribution is 2.19. The third-order valence-corrected chi connectivity index (χ3v) is 2.91. The third-order valence-electron chi connectivity index (χ3n) is 2.91. The summed E-state index contributed by atoms with van der Waals surface area (Å²) in [5.41, 5.74) is 8.96. The van der Waals surface area contributed by atoms with Gasteiger partial charge in [-0.2, -0.15) is 5.10 Å². The lowest BCUT2D eigenvalue weighted by Gasteiger charge is -2.12. The molecule has 0 aliphatic carbocycles. The van der Waals surface area contributed by atoms with Crippen molar-refractivity contribution in [2.75, 3.05) is 13.2 Å². The van der Waals surface area contributed by atoms with Gasteiger partial charge in [0.1, 0.15) is 0 Å². The van der Waals surface area contributed by atoms with Crippen LogP contribution < -0.4 is 5.32 Å². The zero-order valence-corrected chi connectivity index (χ0v) is 12.1. The van der Waals surface area contributed by atoms with Gasteiger partial charge in [-0.1, -0.05) is 0 Å². The van der Waals surface area contributed by atoms with E-state index >= 15 is 0 Å². The summed E-state index contributed by atoms with van der Waals surface area (Å²) in [5, 5.41) is 19.3. The van der Waals surface area contributed by atoms with Crippen LogP contribution in [0.15, 0.2) is 47.1 Å². The number of aliphatic hydroxyl groups excluding tert-OH is 1. The van der Waals surface area contributed by atoms with Crippen LogP contribution in [0.25, 0.3) is 5.57 Å². The summed E-state index contributed by atoms with van der Waals surface area (Å²) >= 11 is 0. The van der Waals surface area contributed by atoms with Gasteiger partial charge in [0.2, 0.25) is 0 Å². The molecule has 8 heteroatoms. The molecule has 0 atom stereocenters. The minimum Gasteiger partial charge on any atom is -0.461 e. The van der Waals surface area contributed by atoms with E-state index in [4.69, 9.17) is 15.4 Å². The zero-order valence-electron chi connectivity index (χ0n) is 12.1. The highest BCUT2D eigenvalue weighted by Gasteiger charge is 2.17. The third kappa shape index (κ3) is 3.47. The van der Waals surface area contributed by atoms with Crippen molar-refractivity contribution in [3.8, 4) is 0 Å². The molecule has 1 aromatic heterocycles. The molecule has 1 aromatic rings. The number of hydrogen-bond acceptors (Lipinski definition) is 7. The molecule has 0 fully saturated rings. The van der Waals surface area contributed by atoms with E-state index in [1.165, 1.54) is 0 Å². The number of ether oxygens (including phenoxy) is 1. The molecule has 0 saturated carbocycles. The van der Waals surface area contributed by atoms with Crippen LogP contribution in [-0.2, 0) is 16.1 Å². The highest BCUT2D eigenvalue weighted by molar-refractivity contribution is 5.90. The monoisotopic (exact) mass is 303 g/mol. The number of aliphatic hydroxyl groups is 1. The van der Waals surface area contributed by atoms with Crippen LogP contribution in [0.4, 0.5) is 0 Å². The smallest absolute Gasteiger partial charge is 0.361 e. The minimum atomic E-state index is -0.645. The number of allylic oxidation sites excluding steroid dienone is 3. The van der Waals surface area contributed by atoms with Crippen LogP contribution >= 0.6 is 0 Å². The van der Waals surface area contributed by atoms with Gasteiger partial charge < -0.3 is 15.2 Å². The van der Waals surface area contributed by atoms with Crippen LogP contribution in [-0.4, -0.2) is 34.1 Å². The maximum Gasteiger partial charge on any atom is 0.361 e. The molecule has 0 saturated heterocycles. The normalized spacial score (nSPS) is 15.8. The first-order chi connectivity index (χ1) is 10.7. The standard InChI is InChI=1S/C14H17N5O3/c1-2-22-14(21)13(17-15)12-4-3-10(9-16-12)11-5-6-19(18-11)7-8-20/h3-6,9,15-16,20H,2,7-8H2,1H3/b13-12-,17-15?. The molecule has 22 heavy (non-hydrogen) atoms. The summed E-state index contributed by atoms with van der Waals surface area (Å²) in [6.07, 6.45) is 6.85. The van der Waals surface area contributed by atoms with Crippen LogP contribution in [0.5, 0.6) is 0 Å². The van der Waals surface area contributed by atoms with Gasteiger partial charge in [0.25, 0.3) is 0 Å². The maximum absolute atomic E-state index is 11.7. The first-order valence-corrected chi connectivity index (χ1v) is 6.78. The molecule has 2 heterocycles. The second kappa shape index (κ2) is 7.32. The van der Waals surface area contributed by atoms with Gasteiger partial charge in [-0.3, -0.25) is 4.68 Å². The van der Waals surface area contributed by atoms with Crippen molar-refractivity contribution in [2.24, 2.45) is 5.11 Å². The van der Waals surface area contributed by atoms with Crippen molar-refractivity contribution in [1.29, 1.82) is 5.53 Å². The summed E-state index contributed by atoms with van der Waals surface area (Å²) in [7, 11) is 0. The van der Waals surface area contributed by atoms with Crippen molar-refractivity contribution < 1.29 is 14.6 Å². The fraction of sp³-hybridized carbons (Fsp3) is 0.286. The van der Waals surface area contributed by atoms with E-state index in [1.54, 1.807) is 36.2 Å². The Morgan fingerprint density at radius 3 is 2.95 bits per heavy atom. The average Bonchev–Trinajstić information content (AvgIpc) is 2.98. The number of esters is 1. The Balaban J connectivity index is 2.16. The summed E-state index contributed by atoms with van der Waals surface area (Å²) in [6, 6.07) is 1.82. The topological polar surface area (TPSA) is 113 Å². The number of dihydropyridines is 1. The molecule has 0 amide bonds. The van der Waals surface area contributed by atoms with Crippen LogP contribution in [0.2, 0.25) is 0 Å². The molecule has 8 nitrogen and oxygen atoms in total. The lowest BCUT2D eigenvalue weighted by Crippen LogP contribution is -2.16. The van der Waals surface area contributed by atoms with E-state index in [0.29, 0.717) is 12.2 Å². The quantitative estimate of drug-likeness (QED) is 0.415. The number of carbonyl (C=O) groups excluding carboxylic acids is 1. The lowest BCUT2D eigenvalue weighted by molar-refractivity contribution is -0.138. The molecule has 3 N–H and O–H groups in total. The van der Waals surface area contributed by atoms with E-state index < -0.39 is 5.97 Å². The Morgan fingerprint density at radius 2 is 2.36 bits per heavy atom. The van der Waals surface area contributed by atoms with Gasteiger partial charge in [0.15, 0.2) is 5.70 Å². The minimum absolute atomic E-state index is 0.0229. The summed E-state index contributed by atoms with van der Waals surface area (Å²) in [4.78, 5) is 11.7. The second-order valence-electron chi connectivity index (χ2n) is 4.36. The van der Waals surface area contributed by atoms with E-state index in [-0.39, 0.29) is 18.9 Å². The van der Waals surface area contributed by atoms with Crippen LogP contribution in [0, 0.1) is 5.53 Å². The average molecular weight is 303 g/mol. The molecule has 0 bridgehead atoms. The van der Waals surface area contributed by atoms with Crippen molar-refractivity contribution >= 4 is 11.5 Å². The molecule has 0 aromatic carbocycles. The van der Waals surface area contributed by atoms with Gasteiger partial charge >= 0.3 is 5.97 Å². The van der Waals surface area contributed by atoms with Gasteiger partial charge in [0, 0.05) is 18.0 Å². The Kier molecular flexibility index (Phi) is 5.21. The fourth-order valence-electron chi connectivity index (χ4n) is 1.89. The summed E-state index contributed by atoms with van der Waals surface area (Å²) in [6.45, 7) is 2.36. The number of aromatic nitrogens is 2. The van der Waals surface area contributed by atoms with E-state index in [1.807, 2.05) is 6.07 Å². The van der Waals surface area contributed by atoms with Gasteiger partial charge in [-0.25, -0.2) is 10.3 Å². The zero-order chi connectivity index (χ0) is 15.9. The first kappa shape index (κ1) is 15.6. The molecule has 1 aliphatic heterocycles. The van der Waals surface area contributed by atoms with Crippen molar-refractivity contribution in [3.05, 3.63) is 47.7 Å². The number of nitrogens with one attached hydrogen (secondary N) is 2. The lowest BCUT2D eigenvalue weighted by atomic mass is 10.1. The predicted octanol–water partition coefficient (Wildman–Crippen LogP) is 1.18. The first-order valence-electron chi connectivity index (χ1n) is 6.78. The summed E-state index contributed by atoms with van der Waals surface area (Å²) < 4.78 is 6.48. The molecule has 0 radical (unpaired) electrons. The number of carbonyl (C=O) groups is 1. The van der Waals surface area contributed by atoms with E-state index in [9.17, 15) is 4.79 Å². The Morgan fingerprint density at radius 1 is 1.55 bits per heavy atom. The number of rotatable bonds is 6. The number of hydrogen-bond donors (Lipinski definition) is 3. The van der Waals surface area contributed by atoms with Gasteiger partial charge in [-0.15, -0.1) is 5.11 Å². The van der Waals surface area contributed by atoms with E-state index in [0.717, 1.165) is 11.3 Å². The van der Waals surface area contributed by atoms with Crippen molar-refractivity contribution in [3.63, 3.8) is 0 Å². The maximum atomic E-state index is 11.7. The molecule has 2 rings (SSSR count). The van der Waals surface area contributed by atoms with Gasteiger partial charge in [0.05, 0.1) is 31.1 Å². The number of nitrogens with zero attached hydrogens (tertiary/aromatic N) is 3. The highest BCUT2D eigenvalue weighted by atomic mass is 16.5. The molecular weight excluding hydrogens is 286 g/mol. The Labute approximate surface area is 127 Å². The largest absolute Gasteiger partial charge is 0.461 e. The molecular formula is C14H17N5O3. The fourth-order valence-corrected chi connectivity index (χ4v) is 1.89. The molecule has 1 aliphatic rings. The molecule has 0 spiro atoms.